The second-order valence-corrected chi connectivity index (χ2v) is 5.35. The molecule has 23 heavy (non-hydrogen) atoms. The number of carbonyl (C=O) groups excluding carboxylic acids is 4. The summed E-state index contributed by atoms with van der Waals surface area (Å²) >= 11 is 0. The van der Waals surface area contributed by atoms with Crippen LogP contribution in [0.2, 0.25) is 0 Å². The van der Waals surface area contributed by atoms with Gasteiger partial charge in [-0.15, -0.1) is 0 Å². The summed E-state index contributed by atoms with van der Waals surface area (Å²) in [7, 11) is 0. The van der Waals surface area contributed by atoms with Crippen molar-refractivity contribution < 1.29 is 19.2 Å². The van der Waals surface area contributed by atoms with Gasteiger partial charge in [-0.25, -0.2) is 0 Å². The number of hydrogen-bond donors (Lipinski definition) is 2. The van der Waals surface area contributed by atoms with Crippen LogP contribution in [0.1, 0.15) is 51.4 Å². The Kier molecular flexibility index (Phi) is 15.1. The fourth-order valence-electron chi connectivity index (χ4n) is 2.23. The smallest absolute Gasteiger partial charge is 0.222 e. The first-order valence-electron chi connectivity index (χ1n) is 8.31. The standard InChI is InChI=1S/C16H29N3O4/c20-13-7-4-8-16(23)19(12-10-18-15-22)11-6-3-1-2-5-9-17-14-21/h13-15H,1-12H2,(H,17,21)(H,18,22). The molecule has 0 rings (SSSR count). The molecule has 0 aromatic rings. The lowest BCUT2D eigenvalue weighted by atomic mass is 10.1. The van der Waals surface area contributed by atoms with Crippen molar-refractivity contribution in [3.63, 3.8) is 0 Å². The van der Waals surface area contributed by atoms with Crippen LogP contribution in [0.5, 0.6) is 0 Å². The molecule has 3 amide bonds. The van der Waals surface area contributed by atoms with E-state index in [1.54, 1.807) is 4.90 Å². The van der Waals surface area contributed by atoms with E-state index < -0.39 is 0 Å². The van der Waals surface area contributed by atoms with E-state index in [0.29, 0.717) is 58.3 Å². The number of amides is 3. The molecule has 0 unspecified atom stereocenters. The average molecular weight is 327 g/mol. The Morgan fingerprint density at radius 3 is 2.13 bits per heavy atom. The van der Waals surface area contributed by atoms with E-state index in [2.05, 4.69) is 10.6 Å². The highest BCUT2D eigenvalue weighted by Crippen LogP contribution is 2.06. The maximum atomic E-state index is 12.1. The Labute approximate surface area is 138 Å². The van der Waals surface area contributed by atoms with E-state index in [4.69, 9.17) is 0 Å². The Bertz CT molecular complexity index is 337. The van der Waals surface area contributed by atoms with Gasteiger partial charge >= 0.3 is 0 Å². The molecular weight excluding hydrogens is 298 g/mol. The van der Waals surface area contributed by atoms with E-state index in [1.165, 1.54) is 0 Å². The summed E-state index contributed by atoms with van der Waals surface area (Å²) in [6.07, 6.45) is 8.55. The monoisotopic (exact) mass is 327 g/mol. The van der Waals surface area contributed by atoms with Gasteiger partial charge in [-0.3, -0.25) is 14.4 Å². The zero-order chi connectivity index (χ0) is 17.2. The minimum absolute atomic E-state index is 0.0368. The van der Waals surface area contributed by atoms with Crippen LogP contribution in [-0.4, -0.2) is 56.1 Å². The molecule has 0 aliphatic rings. The normalized spacial score (nSPS) is 9.91. The molecule has 0 heterocycles. The van der Waals surface area contributed by atoms with E-state index in [1.807, 2.05) is 0 Å². The summed E-state index contributed by atoms with van der Waals surface area (Å²) < 4.78 is 0. The van der Waals surface area contributed by atoms with Crippen LogP contribution < -0.4 is 10.6 Å². The molecule has 0 bridgehead atoms. The van der Waals surface area contributed by atoms with E-state index in [9.17, 15) is 19.2 Å². The number of nitrogens with one attached hydrogen (secondary N) is 2. The minimum atomic E-state index is 0.0368. The molecule has 0 aliphatic carbocycles. The van der Waals surface area contributed by atoms with Crippen molar-refractivity contribution in [2.45, 2.75) is 51.4 Å². The van der Waals surface area contributed by atoms with Gasteiger partial charge in [0.1, 0.15) is 6.29 Å². The van der Waals surface area contributed by atoms with Crippen molar-refractivity contribution in [2.24, 2.45) is 0 Å². The van der Waals surface area contributed by atoms with Gasteiger partial charge in [-0.1, -0.05) is 19.3 Å². The van der Waals surface area contributed by atoms with E-state index >= 15 is 0 Å². The molecule has 7 nitrogen and oxygen atoms in total. The van der Waals surface area contributed by atoms with Gasteiger partial charge in [0.05, 0.1) is 0 Å². The van der Waals surface area contributed by atoms with E-state index in [-0.39, 0.29) is 5.91 Å². The first kappa shape index (κ1) is 21.1. The van der Waals surface area contributed by atoms with Crippen molar-refractivity contribution in [3.05, 3.63) is 0 Å². The van der Waals surface area contributed by atoms with Gasteiger partial charge in [-0.2, -0.15) is 0 Å². The molecule has 0 spiro atoms. The van der Waals surface area contributed by atoms with Crippen LogP contribution in [0.25, 0.3) is 0 Å². The van der Waals surface area contributed by atoms with Gasteiger partial charge in [0.2, 0.25) is 18.7 Å². The van der Waals surface area contributed by atoms with Gasteiger partial charge in [-0.05, 0) is 19.3 Å². The van der Waals surface area contributed by atoms with Crippen LogP contribution in [-0.2, 0) is 19.2 Å². The first-order valence-corrected chi connectivity index (χ1v) is 8.31. The number of aldehydes is 1. The van der Waals surface area contributed by atoms with Crippen molar-refractivity contribution in [3.8, 4) is 0 Å². The molecule has 0 atom stereocenters. The van der Waals surface area contributed by atoms with Crippen molar-refractivity contribution in [1.29, 1.82) is 0 Å². The lowest BCUT2D eigenvalue weighted by Gasteiger charge is -2.22. The number of nitrogens with zero attached hydrogens (tertiary/aromatic N) is 1. The molecular formula is C16H29N3O4. The van der Waals surface area contributed by atoms with Gasteiger partial charge < -0.3 is 20.3 Å². The zero-order valence-electron chi connectivity index (χ0n) is 13.8. The first-order chi connectivity index (χ1) is 11.3. The molecule has 0 fully saturated rings. The summed E-state index contributed by atoms with van der Waals surface area (Å²) in [6, 6.07) is 0. The van der Waals surface area contributed by atoms with Crippen LogP contribution in [0.15, 0.2) is 0 Å². The molecule has 0 aromatic heterocycles. The Balaban J connectivity index is 3.90. The zero-order valence-corrected chi connectivity index (χ0v) is 13.8. The summed E-state index contributed by atoms with van der Waals surface area (Å²) in [5.41, 5.74) is 0. The van der Waals surface area contributed by atoms with Crippen molar-refractivity contribution in [2.75, 3.05) is 26.2 Å². The van der Waals surface area contributed by atoms with Crippen molar-refractivity contribution in [1.82, 2.24) is 15.5 Å². The van der Waals surface area contributed by atoms with Crippen molar-refractivity contribution >= 4 is 25.0 Å². The van der Waals surface area contributed by atoms with E-state index in [0.717, 1.165) is 38.4 Å². The van der Waals surface area contributed by atoms with Gasteiger partial charge in [0.25, 0.3) is 0 Å². The minimum Gasteiger partial charge on any atom is -0.359 e. The summed E-state index contributed by atoms with van der Waals surface area (Å²) in [5.74, 6) is 0.0368. The quantitative estimate of drug-likeness (QED) is 0.302. The highest BCUT2D eigenvalue weighted by atomic mass is 16.2. The van der Waals surface area contributed by atoms with Crippen LogP contribution in [0.3, 0.4) is 0 Å². The molecule has 2 N–H and O–H groups in total. The molecule has 132 valence electrons. The molecule has 0 saturated carbocycles. The Morgan fingerprint density at radius 1 is 0.783 bits per heavy atom. The number of carbonyl (C=O) groups is 4. The predicted octanol–water partition coefficient (Wildman–Crippen LogP) is 0.627. The maximum Gasteiger partial charge on any atom is 0.222 e. The second kappa shape index (κ2) is 16.5. The summed E-state index contributed by atoms with van der Waals surface area (Å²) in [5, 5.41) is 5.20. The second-order valence-electron chi connectivity index (χ2n) is 5.35. The SMILES string of the molecule is O=CCCCC(=O)N(CCCCCCCNC=O)CCNC=O. The molecule has 7 heteroatoms. The topological polar surface area (TPSA) is 95.6 Å². The van der Waals surface area contributed by atoms with Crippen LogP contribution in [0.4, 0.5) is 0 Å². The van der Waals surface area contributed by atoms with Gasteiger partial charge in [0.15, 0.2) is 0 Å². The van der Waals surface area contributed by atoms with Gasteiger partial charge in [0, 0.05) is 39.0 Å². The van der Waals surface area contributed by atoms with Crippen LogP contribution in [0, 0.1) is 0 Å². The molecule has 0 saturated heterocycles. The summed E-state index contributed by atoms with van der Waals surface area (Å²) in [6.45, 7) is 2.33. The third-order valence-corrected chi connectivity index (χ3v) is 3.51. The third-order valence-electron chi connectivity index (χ3n) is 3.51. The molecule has 0 aliphatic heterocycles. The number of unbranched alkanes of at least 4 members (excludes halogenated alkanes) is 5. The molecule has 0 aromatic carbocycles. The maximum absolute atomic E-state index is 12.1. The highest BCUT2D eigenvalue weighted by Gasteiger charge is 2.12. The molecule has 0 radical (unpaired) electrons. The lowest BCUT2D eigenvalue weighted by molar-refractivity contribution is -0.131. The highest BCUT2D eigenvalue weighted by molar-refractivity contribution is 5.76. The predicted molar refractivity (Wildman–Crippen MR) is 87.7 cm³/mol. The fourth-order valence-corrected chi connectivity index (χ4v) is 2.23. The number of hydrogen-bond acceptors (Lipinski definition) is 4. The lowest BCUT2D eigenvalue weighted by Crippen LogP contribution is -2.37. The Morgan fingerprint density at radius 2 is 1.43 bits per heavy atom. The summed E-state index contributed by atoms with van der Waals surface area (Å²) in [4.78, 5) is 44.6. The fraction of sp³-hybridized carbons (Fsp3) is 0.750. The number of rotatable bonds is 17. The average Bonchev–Trinajstić information content (AvgIpc) is 2.55. The largest absolute Gasteiger partial charge is 0.359 e. The Hall–Kier alpha value is -1.92. The van der Waals surface area contributed by atoms with Crippen LogP contribution >= 0.6 is 0 Å². The third kappa shape index (κ3) is 13.5.